The Morgan fingerprint density at radius 3 is 2.84 bits per heavy atom. The van der Waals surface area contributed by atoms with Crippen molar-refractivity contribution in [3.05, 3.63) is 78.5 Å². The average molecular weight is 413 g/mol. The summed E-state index contributed by atoms with van der Waals surface area (Å²) in [5.41, 5.74) is 2.41. The summed E-state index contributed by atoms with van der Waals surface area (Å²) in [5.74, 6) is -1.11. The van der Waals surface area contributed by atoms with Gasteiger partial charge in [0.05, 0.1) is 24.5 Å². The number of aromatic amines is 1. The Kier molecular flexibility index (Phi) is 4.05. The Labute approximate surface area is 179 Å². The maximum absolute atomic E-state index is 13.3. The molecule has 1 aromatic heterocycles. The van der Waals surface area contributed by atoms with Crippen molar-refractivity contribution in [3.8, 4) is 0 Å². The van der Waals surface area contributed by atoms with Crippen molar-refractivity contribution in [2.24, 2.45) is 11.8 Å². The van der Waals surface area contributed by atoms with Crippen molar-refractivity contribution >= 4 is 28.4 Å². The monoisotopic (exact) mass is 413 g/mol. The summed E-state index contributed by atoms with van der Waals surface area (Å²) in [6.07, 6.45) is 6.32. The van der Waals surface area contributed by atoms with Crippen molar-refractivity contribution in [1.29, 1.82) is 0 Å². The van der Waals surface area contributed by atoms with Crippen LogP contribution in [0.3, 0.4) is 0 Å². The van der Waals surface area contributed by atoms with Crippen molar-refractivity contribution in [1.82, 2.24) is 10.3 Å². The summed E-state index contributed by atoms with van der Waals surface area (Å²) in [5, 5.41) is 4.23. The van der Waals surface area contributed by atoms with Gasteiger partial charge in [0.1, 0.15) is 5.60 Å². The van der Waals surface area contributed by atoms with Crippen LogP contribution in [0.5, 0.6) is 0 Å². The van der Waals surface area contributed by atoms with E-state index >= 15 is 0 Å². The van der Waals surface area contributed by atoms with Gasteiger partial charge in [0.15, 0.2) is 0 Å². The van der Waals surface area contributed by atoms with E-state index in [1.54, 1.807) is 4.90 Å². The van der Waals surface area contributed by atoms with Gasteiger partial charge in [-0.2, -0.15) is 0 Å². The Morgan fingerprint density at radius 1 is 1.16 bits per heavy atom. The number of benzene rings is 2. The Balaban J connectivity index is 1.18. The van der Waals surface area contributed by atoms with Crippen LogP contribution in [0.2, 0.25) is 0 Å². The van der Waals surface area contributed by atoms with Gasteiger partial charge in [-0.05, 0) is 30.2 Å². The lowest BCUT2D eigenvalue weighted by molar-refractivity contribution is -0.131. The summed E-state index contributed by atoms with van der Waals surface area (Å²) >= 11 is 0. The van der Waals surface area contributed by atoms with E-state index in [0.717, 1.165) is 17.6 Å². The quantitative estimate of drug-likeness (QED) is 0.632. The normalized spacial score (nSPS) is 28.5. The van der Waals surface area contributed by atoms with Gasteiger partial charge in [-0.25, -0.2) is 0 Å². The predicted molar refractivity (Wildman–Crippen MR) is 118 cm³/mol. The fourth-order valence-electron chi connectivity index (χ4n) is 5.40. The first-order chi connectivity index (χ1) is 15.2. The lowest BCUT2D eigenvalue weighted by Gasteiger charge is -2.23. The molecule has 6 heteroatoms. The van der Waals surface area contributed by atoms with Gasteiger partial charge in [0.25, 0.3) is 0 Å². The number of para-hydroxylation sites is 2. The molecule has 0 aliphatic carbocycles. The van der Waals surface area contributed by atoms with E-state index in [0.29, 0.717) is 13.1 Å². The highest BCUT2D eigenvalue weighted by atomic mass is 16.5. The number of hydrogen-bond donors (Lipinski definition) is 2. The molecule has 1 spiro atoms. The molecule has 0 radical (unpaired) electrons. The second-order valence-electron chi connectivity index (χ2n) is 8.56. The number of carbonyl (C=O) groups is 2. The third-order valence-corrected chi connectivity index (χ3v) is 6.84. The zero-order valence-electron chi connectivity index (χ0n) is 17.0. The second kappa shape index (κ2) is 6.82. The fraction of sp³-hybridized carbons (Fsp3) is 0.280. The molecule has 2 N–H and O–H groups in total. The van der Waals surface area contributed by atoms with Crippen LogP contribution in [-0.2, 0) is 20.7 Å². The number of H-pyrrole nitrogens is 1. The number of hydrogen-bond acceptors (Lipinski definition) is 3. The van der Waals surface area contributed by atoms with Crippen LogP contribution in [-0.4, -0.2) is 41.6 Å². The zero-order chi connectivity index (χ0) is 21.0. The van der Waals surface area contributed by atoms with E-state index in [-0.39, 0.29) is 17.9 Å². The molecule has 3 aromatic rings. The molecule has 2 fully saturated rings. The highest BCUT2D eigenvalue weighted by molar-refractivity contribution is 6.03. The van der Waals surface area contributed by atoms with Gasteiger partial charge >= 0.3 is 0 Å². The van der Waals surface area contributed by atoms with Crippen molar-refractivity contribution < 1.29 is 14.3 Å². The van der Waals surface area contributed by atoms with Gasteiger partial charge < -0.3 is 19.9 Å². The Bertz CT molecular complexity index is 1200. The second-order valence-corrected chi connectivity index (χ2v) is 8.56. The summed E-state index contributed by atoms with van der Waals surface area (Å²) < 4.78 is 6.21. The minimum atomic E-state index is -0.698. The fourth-order valence-corrected chi connectivity index (χ4v) is 5.40. The molecule has 6 nitrogen and oxygen atoms in total. The molecule has 3 aliphatic rings. The van der Waals surface area contributed by atoms with E-state index < -0.39 is 17.4 Å². The van der Waals surface area contributed by atoms with Crippen LogP contribution in [0, 0.1) is 11.8 Å². The molecule has 3 aliphatic heterocycles. The topological polar surface area (TPSA) is 74.4 Å². The van der Waals surface area contributed by atoms with Gasteiger partial charge in [0.2, 0.25) is 11.8 Å². The number of aromatic nitrogens is 1. The molecule has 156 valence electrons. The molecule has 2 aromatic carbocycles. The molecule has 2 amide bonds. The maximum Gasteiger partial charge on any atom is 0.234 e. The third kappa shape index (κ3) is 2.75. The number of rotatable bonds is 5. The molecule has 4 atom stereocenters. The zero-order valence-corrected chi connectivity index (χ0v) is 17.0. The molecule has 31 heavy (non-hydrogen) atoms. The maximum atomic E-state index is 13.3. The van der Waals surface area contributed by atoms with E-state index in [1.807, 2.05) is 66.9 Å². The molecular weight excluding hydrogens is 390 g/mol. The van der Waals surface area contributed by atoms with Crippen LogP contribution in [0.25, 0.3) is 10.9 Å². The number of nitrogens with zero attached hydrogens (tertiary/aromatic N) is 1. The van der Waals surface area contributed by atoms with Crippen molar-refractivity contribution in [3.63, 3.8) is 0 Å². The van der Waals surface area contributed by atoms with Crippen LogP contribution in [0.1, 0.15) is 5.56 Å². The summed E-state index contributed by atoms with van der Waals surface area (Å²) in [7, 11) is 0. The van der Waals surface area contributed by atoms with Gasteiger partial charge in [-0.15, -0.1) is 0 Å². The van der Waals surface area contributed by atoms with Crippen molar-refractivity contribution in [2.75, 3.05) is 18.0 Å². The summed E-state index contributed by atoms with van der Waals surface area (Å²) in [4.78, 5) is 31.5. The SMILES string of the molecule is O=C(NCCc1c[nH]c2ccccc12)[C@H]1[C@H]2C=C[C@@]3(CN(c4ccccc4)C(=O)[C@@H]13)O2. The molecule has 2 saturated heterocycles. The first-order valence-electron chi connectivity index (χ1n) is 10.7. The van der Waals surface area contributed by atoms with Crippen LogP contribution >= 0.6 is 0 Å². The summed E-state index contributed by atoms with van der Waals surface area (Å²) in [6.45, 7) is 0.969. The van der Waals surface area contributed by atoms with E-state index in [4.69, 9.17) is 4.74 Å². The minimum Gasteiger partial charge on any atom is -0.361 e. The van der Waals surface area contributed by atoms with Crippen LogP contribution in [0.15, 0.2) is 72.9 Å². The smallest absolute Gasteiger partial charge is 0.234 e. The first-order valence-corrected chi connectivity index (χ1v) is 10.7. The van der Waals surface area contributed by atoms with Crippen LogP contribution in [0.4, 0.5) is 5.69 Å². The van der Waals surface area contributed by atoms with E-state index in [2.05, 4.69) is 16.4 Å². The Morgan fingerprint density at radius 2 is 1.97 bits per heavy atom. The lowest BCUT2D eigenvalue weighted by Crippen LogP contribution is -2.44. The number of fused-ring (bicyclic) bond motifs is 2. The molecule has 2 bridgehead atoms. The standard InChI is InChI=1S/C25H23N3O3/c29-23(26-13-11-16-14-27-19-9-5-4-8-18(16)19)21-20-10-12-25(31-20)15-28(24(30)22(21)25)17-6-2-1-3-7-17/h1-10,12,14,20-22,27H,11,13,15H2,(H,26,29)/t20-,21+,22-,25+/m1/s1. The third-order valence-electron chi connectivity index (χ3n) is 6.84. The number of amides is 2. The van der Waals surface area contributed by atoms with E-state index in [9.17, 15) is 9.59 Å². The summed E-state index contributed by atoms with van der Waals surface area (Å²) in [6, 6.07) is 17.7. The van der Waals surface area contributed by atoms with Crippen LogP contribution < -0.4 is 10.2 Å². The van der Waals surface area contributed by atoms with Gasteiger partial charge in [0, 0.05) is 29.3 Å². The molecular formula is C25H23N3O3. The molecule has 6 rings (SSSR count). The van der Waals surface area contributed by atoms with Crippen molar-refractivity contribution in [2.45, 2.75) is 18.1 Å². The largest absolute Gasteiger partial charge is 0.361 e. The first kappa shape index (κ1) is 18.4. The predicted octanol–water partition coefficient (Wildman–Crippen LogP) is 2.81. The minimum absolute atomic E-state index is 0.0326. The van der Waals surface area contributed by atoms with Gasteiger partial charge in [-0.3, -0.25) is 9.59 Å². The number of carbonyl (C=O) groups excluding carboxylic acids is 2. The average Bonchev–Trinajstić information content (AvgIpc) is 3.54. The molecule has 0 saturated carbocycles. The lowest BCUT2D eigenvalue weighted by atomic mass is 9.77. The highest BCUT2D eigenvalue weighted by Gasteiger charge is 2.66. The molecule has 0 unspecified atom stereocenters. The Hall–Kier alpha value is -3.38. The number of anilines is 1. The molecule has 4 heterocycles. The number of nitrogens with one attached hydrogen (secondary N) is 2. The number of ether oxygens (including phenoxy) is 1. The van der Waals surface area contributed by atoms with Gasteiger partial charge in [-0.1, -0.05) is 48.6 Å². The van der Waals surface area contributed by atoms with E-state index in [1.165, 1.54) is 10.9 Å². The highest BCUT2D eigenvalue weighted by Crippen LogP contribution is 2.52.